The van der Waals surface area contributed by atoms with E-state index in [9.17, 15) is 0 Å². The Hall–Kier alpha value is -6.70. The summed E-state index contributed by atoms with van der Waals surface area (Å²) in [4.78, 5) is 0. The average Bonchev–Trinajstić information content (AvgIpc) is 3.56. The minimum absolute atomic E-state index is 0.184. The minimum Gasteiger partial charge on any atom is -0.378 e. The molecule has 0 amide bonds. The van der Waals surface area contributed by atoms with Crippen LogP contribution in [0.5, 0.6) is 0 Å². The largest absolute Gasteiger partial charge is 0.378 e. The van der Waals surface area contributed by atoms with Gasteiger partial charge in [-0.15, -0.1) is 0 Å². The molecule has 1 heteroatoms. The van der Waals surface area contributed by atoms with Gasteiger partial charge in [-0.25, -0.2) is 0 Å². The monoisotopic (exact) mass is 689 g/mol. The molecule has 1 N–H and O–H groups in total. The maximum absolute atomic E-state index is 4.44. The summed E-state index contributed by atoms with van der Waals surface area (Å²) in [7, 11) is 0. The minimum atomic E-state index is 0.184. The molecule has 0 spiro atoms. The third-order valence-electron chi connectivity index (χ3n) is 11.2. The van der Waals surface area contributed by atoms with E-state index in [1.165, 1.54) is 82.8 Å². The molecule has 1 unspecified atom stereocenters. The third kappa shape index (κ3) is 5.40. The van der Waals surface area contributed by atoms with E-state index in [0.717, 1.165) is 29.7 Å². The van der Waals surface area contributed by atoms with Gasteiger partial charge in [0, 0.05) is 17.3 Å². The predicted molar refractivity (Wildman–Crippen MR) is 232 cm³/mol. The number of hydrogen-bond acceptors (Lipinski definition) is 1. The molecule has 0 aliphatic heterocycles. The number of nitrogens with one attached hydrogen (secondary N) is 1. The Bertz CT molecular complexity index is 2700. The maximum Gasteiger partial charge on any atom is 0.0482 e. The second-order valence-electron chi connectivity index (χ2n) is 14.5. The van der Waals surface area contributed by atoms with Gasteiger partial charge in [-0.3, -0.25) is 0 Å². The van der Waals surface area contributed by atoms with Crippen molar-refractivity contribution in [2.45, 2.75) is 18.9 Å². The zero-order valence-corrected chi connectivity index (χ0v) is 30.1. The number of allylic oxidation sites excluding steroid dienone is 9. The van der Waals surface area contributed by atoms with Crippen molar-refractivity contribution in [1.29, 1.82) is 0 Å². The molecule has 256 valence electrons. The molecule has 1 nitrogen and oxygen atoms in total. The zero-order valence-electron chi connectivity index (χ0n) is 30.1. The molecule has 1 atom stereocenters. The van der Waals surface area contributed by atoms with Gasteiger partial charge in [0.1, 0.15) is 0 Å². The van der Waals surface area contributed by atoms with E-state index in [1.54, 1.807) is 0 Å². The summed E-state index contributed by atoms with van der Waals surface area (Å²) in [5.74, 6) is 0. The summed E-state index contributed by atoms with van der Waals surface area (Å²) in [6, 6.07) is 51.2. The summed E-state index contributed by atoms with van der Waals surface area (Å²) < 4.78 is 0. The topological polar surface area (TPSA) is 12.0 Å². The lowest BCUT2D eigenvalue weighted by molar-refractivity contribution is 0.885. The fourth-order valence-corrected chi connectivity index (χ4v) is 8.82. The molecule has 7 aromatic carbocycles. The van der Waals surface area contributed by atoms with Crippen LogP contribution in [0.4, 0.5) is 5.69 Å². The zero-order chi connectivity index (χ0) is 36.0. The van der Waals surface area contributed by atoms with Crippen LogP contribution in [-0.2, 0) is 0 Å². The van der Waals surface area contributed by atoms with Crippen LogP contribution in [0.1, 0.15) is 24.0 Å². The maximum atomic E-state index is 4.44. The Kier molecular flexibility index (Phi) is 7.92. The summed E-state index contributed by atoms with van der Waals surface area (Å²) in [5.41, 5.74) is 17.5. The van der Waals surface area contributed by atoms with E-state index in [4.69, 9.17) is 0 Å². The number of anilines is 1. The van der Waals surface area contributed by atoms with Crippen LogP contribution in [0.2, 0.25) is 0 Å². The molecule has 0 heterocycles. The van der Waals surface area contributed by atoms with Gasteiger partial charge in [-0.05, 0) is 107 Å². The molecule has 54 heavy (non-hydrogen) atoms. The lowest BCUT2D eigenvalue weighted by Crippen LogP contribution is -2.18. The number of rotatable bonds is 7. The highest BCUT2D eigenvalue weighted by atomic mass is 14.9. The fraction of sp³-hybridized carbons (Fsp3) is 0.0566. The van der Waals surface area contributed by atoms with Crippen molar-refractivity contribution in [2.75, 3.05) is 5.32 Å². The van der Waals surface area contributed by atoms with Gasteiger partial charge in [0.05, 0.1) is 0 Å². The van der Waals surface area contributed by atoms with Gasteiger partial charge in [-0.1, -0.05) is 189 Å². The first-order valence-corrected chi connectivity index (χ1v) is 19.0. The molecule has 0 bridgehead atoms. The Morgan fingerprint density at radius 2 is 1.20 bits per heavy atom. The van der Waals surface area contributed by atoms with Crippen LogP contribution in [0, 0.1) is 0 Å². The quantitative estimate of drug-likeness (QED) is 0.176. The average molecular weight is 690 g/mol. The molecule has 3 aliphatic rings. The van der Waals surface area contributed by atoms with Crippen LogP contribution in [-0.4, -0.2) is 6.04 Å². The SMILES string of the molecule is C=C(/C=C1/C=CC=CC1)c1ccccc1NC1C=CC(c2ccc3c4c(cccc24)-c2c-3c(-c3ccccc3)c3ccccc3c2-c2ccccc2)=CC1. The van der Waals surface area contributed by atoms with Crippen LogP contribution in [0.25, 0.3) is 77.2 Å². The number of hydrogen-bond donors (Lipinski definition) is 1. The first kappa shape index (κ1) is 32.0. The van der Waals surface area contributed by atoms with E-state index in [2.05, 4.69) is 200 Å². The fourth-order valence-electron chi connectivity index (χ4n) is 8.82. The van der Waals surface area contributed by atoms with E-state index < -0.39 is 0 Å². The number of benzene rings is 7. The van der Waals surface area contributed by atoms with Gasteiger partial charge in [0.2, 0.25) is 0 Å². The molecule has 0 saturated carbocycles. The molecular weight excluding hydrogens is 651 g/mol. The summed E-state index contributed by atoms with van der Waals surface area (Å²) in [6.45, 7) is 4.44. The molecule has 7 aromatic rings. The molecule has 0 aromatic heterocycles. The van der Waals surface area contributed by atoms with E-state index in [1.807, 2.05) is 0 Å². The van der Waals surface area contributed by atoms with Crippen molar-refractivity contribution in [3.05, 3.63) is 211 Å². The van der Waals surface area contributed by atoms with Gasteiger partial charge in [0.25, 0.3) is 0 Å². The van der Waals surface area contributed by atoms with Gasteiger partial charge in [0.15, 0.2) is 0 Å². The Morgan fingerprint density at radius 1 is 0.574 bits per heavy atom. The van der Waals surface area contributed by atoms with Crippen LogP contribution < -0.4 is 5.32 Å². The highest BCUT2D eigenvalue weighted by Gasteiger charge is 2.31. The predicted octanol–water partition coefficient (Wildman–Crippen LogP) is 14.3. The van der Waals surface area contributed by atoms with Gasteiger partial charge < -0.3 is 5.32 Å². The lowest BCUT2D eigenvalue weighted by atomic mass is 9.82. The summed E-state index contributed by atoms with van der Waals surface area (Å²) in [5, 5.41) is 9.03. The summed E-state index contributed by atoms with van der Waals surface area (Å²) in [6.07, 6.45) is 19.6. The molecular formula is C53H39N. The lowest BCUT2D eigenvalue weighted by Gasteiger charge is -2.22. The van der Waals surface area contributed by atoms with Crippen molar-refractivity contribution in [2.24, 2.45) is 0 Å². The first-order chi connectivity index (χ1) is 26.7. The third-order valence-corrected chi connectivity index (χ3v) is 11.2. The van der Waals surface area contributed by atoms with Crippen molar-refractivity contribution in [3.63, 3.8) is 0 Å². The van der Waals surface area contributed by atoms with Crippen molar-refractivity contribution in [1.82, 2.24) is 0 Å². The Morgan fingerprint density at radius 3 is 1.87 bits per heavy atom. The molecule has 0 fully saturated rings. The van der Waals surface area contributed by atoms with Gasteiger partial charge >= 0.3 is 0 Å². The number of fused-ring (bicyclic) bond motifs is 4. The highest BCUT2D eigenvalue weighted by Crippen LogP contribution is 2.58. The normalized spacial score (nSPS) is 16.2. The van der Waals surface area contributed by atoms with E-state index >= 15 is 0 Å². The summed E-state index contributed by atoms with van der Waals surface area (Å²) >= 11 is 0. The standard InChI is InChI=1S/C53H39N/c1-35(34-36-16-5-2-6-17-36)41-22-13-14-27-48(41)54-40-30-28-37(29-31-40)42-32-33-47-51-43(42)25-15-26-46(51)52-49(38-18-7-3-8-19-38)44-23-11-12-24-45(44)50(53(47)52)39-20-9-4-10-21-39/h2-16,18-30,32-34,40,54H,1,17,31H2/b36-34-. The highest BCUT2D eigenvalue weighted by molar-refractivity contribution is 6.28. The smallest absolute Gasteiger partial charge is 0.0482 e. The van der Waals surface area contributed by atoms with Crippen molar-refractivity contribution in [3.8, 4) is 44.5 Å². The van der Waals surface area contributed by atoms with Crippen LogP contribution >= 0.6 is 0 Å². The Balaban J connectivity index is 1.05. The van der Waals surface area contributed by atoms with Crippen molar-refractivity contribution >= 4 is 38.4 Å². The Labute approximate surface area is 317 Å². The van der Waals surface area contributed by atoms with E-state index in [-0.39, 0.29) is 6.04 Å². The second-order valence-corrected chi connectivity index (χ2v) is 14.5. The second kappa shape index (κ2) is 13.4. The van der Waals surface area contributed by atoms with Crippen LogP contribution in [0.3, 0.4) is 0 Å². The van der Waals surface area contributed by atoms with Crippen molar-refractivity contribution < 1.29 is 0 Å². The first-order valence-electron chi connectivity index (χ1n) is 19.0. The number of para-hydroxylation sites is 1. The van der Waals surface area contributed by atoms with Crippen LogP contribution in [0.15, 0.2) is 200 Å². The van der Waals surface area contributed by atoms with Gasteiger partial charge in [-0.2, -0.15) is 0 Å². The molecule has 3 aliphatic carbocycles. The van der Waals surface area contributed by atoms with E-state index in [0.29, 0.717) is 0 Å². The molecule has 10 rings (SSSR count). The molecule has 0 radical (unpaired) electrons. The molecule has 0 saturated heterocycles.